The number of piperidine rings is 1. The van der Waals surface area contributed by atoms with Gasteiger partial charge in [-0.2, -0.15) is 0 Å². The molecule has 0 spiro atoms. The lowest BCUT2D eigenvalue weighted by Gasteiger charge is -2.38. The van der Waals surface area contributed by atoms with E-state index in [4.69, 9.17) is 42.8 Å². The van der Waals surface area contributed by atoms with E-state index in [0.29, 0.717) is 101 Å². The molecule has 4 saturated heterocycles. The van der Waals surface area contributed by atoms with Crippen LogP contribution in [0.2, 0.25) is 10.0 Å². The molecule has 21 nitrogen and oxygen atoms in total. The van der Waals surface area contributed by atoms with Gasteiger partial charge in [0.2, 0.25) is 0 Å². The van der Waals surface area contributed by atoms with Crippen LogP contribution < -0.4 is 20.4 Å². The first-order valence-electron chi connectivity index (χ1n) is 27.1. The van der Waals surface area contributed by atoms with Gasteiger partial charge in [0, 0.05) is 108 Å². The highest BCUT2D eigenvalue weighted by Gasteiger charge is 2.43. The fraction of sp³-hybridized carbons (Fsp3) is 0.300. The summed E-state index contributed by atoms with van der Waals surface area (Å²) < 4.78 is 38.5. The number of amides is 4. The second-order valence-electron chi connectivity index (χ2n) is 20.3. The number of carbonyl (C=O) groups excluding carboxylic acids is 4. The predicted molar refractivity (Wildman–Crippen MR) is 334 cm³/mol. The van der Waals surface area contributed by atoms with Crippen LogP contribution in [0.1, 0.15) is 80.6 Å². The van der Waals surface area contributed by atoms with Crippen LogP contribution in [-0.2, 0) is 19.1 Å². The number of aromatic carboxylic acids is 2. The number of hydrogen-bond acceptors (Lipinski definition) is 17. The van der Waals surface area contributed by atoms with E-state index in [1.54, 1.807) is 76.1 Å². The number of benzene rings is 4. The fourth-order valence-electron chi connectivity index (χ4n) is 11.0. The number of amidine groups is 2. The summed E-state index contributed by atoms with van der Waals surface area (Å²) in [4.78, 5) is 100. The first-order chi connectivity index (χ1) is 42.0. The number of piperazine rings is 1. The number of esters is 2. The average Bonchev–Trinajstić information content (AvgIpc) is 1.87. The second kappa shape index (κ2) is 28.3. The number of alkyl halides is 1. The molecule has 4 N–H and O–H groups in total. The monoisotopic (exact) mass is 1340 g/mol. The Morgan fingerprint density at radius 2 is 1.11 bits per heavy atom. The van der Waals surface area contributed by atoms with E-state index >= 15 is 0 Å². The Balaban J connectivity index is 0.000000173. The zero-order valence-electron chi connectivity index (χ0n) is 46.4. The molecular weight excluding hydrogens is 1290 g/mol. The first kappa shape index (κ1) is 64.3. The van der Waals surface area contributed by atoms with Gasteiger partial charge in [-0.15, -0.1) is 22.7 Å². The quantitative estimate of drug-likeness (QED) is 0.0620. The van der Waals surface area contributed by atoms with Gasteiger partial charge in [0.05, 0.1) is 58.6 Å². The molecule has 4 amide bonds. The van der Waals surface area contributed by atoms with E-state index in [-0.39, 0.29) is 57.8 Å². The van der Waals surface area contributed by atoms with Crippen molar-refractivity contribution in [2.75, 3.05) is 75.2 Å². The topological polar surface area (TPSA) is 252 Å². The van der Waals surface area contributed by atoms with Crippen LogP contribution in [0.4, 0.5) is 29.7 Å². The summed E-state index contributed by atoms with van der Waals surface area (Å²) in [5.41, 5.74) is 4.08. The number of fused-ring (bicyclic) bond motifs is 2. The van der Waals surface area contributed by atoms with Crippen molar-refractivity contribution >= 4 is 121 Å². The number of nitrogens with zero attached hydrogens (tertiary/aromatic N) is 9. The van der Waals surface area contributed by atoms with Crippen molar-refractivity contribution in [2.24, 2.45) is 9.98 Å². The minimum absolute atomic E-state index is 0. The molecule has 8 heterocycles. The normalized spacial score (nSPS) is 19.8. The van der Waals surface area contributed by atoms with E-state index in [0.717, 1.165) is 25.1 Å². The highest BCUT2D eigenvalue weighted by atomic mass is 79.9. The number of anilines is 2. The second-order valence-corrected chi connectivity index (χ2v) is 23.4. The summed E-state index contributed by atoms with van der Waals surface area (Å²) in [6.45, 7) is 3.78. The standard InChI is InChI=1S/C29H26ClFN6O5S.C16H12BrClFN3O2S.C14H16N2O3.CH4/c1-42-28(40)22-21(33-25(26-32-9-12-43-26)34-24(22)19-3-2-4-20(31)23(19)30)15-35-10-11-36-18(13-35)14-37(29(36)41)17-7-5-16(6-8-17)27(38)39;1-24-16(23)11-10(7-17)21-14(15-20-5-6-25-15)22-13(11)8-3-2-4-9(19)12(8)18;17-13(18)10-4-6-11(7-5-10)16-9-12-3-1-2-8-15(12)14(16)19;/h2-9,12,18,24H,10-11,13-15H2,1H3,(H,33,34)(H,38,39);2-6,13H,7H2,1H3,(H,21,22);4-7,12H,1-3,8-9H2,(H,17,18);1H4/t18?,24-;13-;;/m00../s1. The number of ether oxygens (including phenoxy) is 2. The number of aliphatic imine (C=N–C) groups is 2. The van der Waals surface area contributed by atoms with E-state index in [2.05, 4.69) is 46.4 Å². The van der Waals surface area contributed by atoms with Gasteiger partial charge in [-0.05, 0) is 79.9 Å². The average molecular weight is 1350 g/mol. The van der Waals surface area contributed by atoms with E-state index in [1.165, 1.54) is 79.7 Å². The van der Waals surface area contributed by atoms with Crippen LogP contribution in [0.5, 0.6) is 0 Å². The maximum atomic E-state index is 14.5. The van der Waals surface area contributed by atoms with Crippen molar-refractivity contribution < 1.29 is 57.2 Å². The van der Waals surface area contributed by atoms with Crippen molar-refractivity contribution in [1.29, 1.82) is 0 Å². The number of halogens is 5. The van der Waals surface area contributed by atoms with Crippen molar-refractivity contribution in [3.8, 4) is 0 Å². The zero-order chi connectivity index (χ0) is 61.6. The van der Waals surface area contributed by atoms with Gasteiger partial charge in [0.25, 0.3) is 0 Å². The Hall–Kier alpha value is -8.14. The molecular formula is C60H58BrCl2F2N11O10S2. The lowest BCUT2D eigenvalue weighted by atomic mass is 9.95. The first-order valence-corrected chi connectivity index (χ1v) is 30.7. The van der Waals surface area contributed by atoms with Crippen LogP contribution in [0.15, 0.2) is 141 Å². The highest BCUT2D eigenvalue weighted by molar-refractivity contribution is 9.09. The van der Waals surface area contributed by atoms with Crippen molar-refractivity contribution in [2.45, 2.75) is 50.9 Å². The van der Waals surface area contributed by atoms with Crippen LogP contribution >= 0.6 is 61.8 Å². The molecule has 6 aliphatic rings. The summed E-state index contributed by atoms with van der Waals surface area (Å²) in [6.07, 6.45) is 6.62. The summed E-state index contributed by atoms with van der Waals surface area (Å²) in [6, 6.07) is 19.9. The van der Waals surface area contributed by atoms with Crippen molar-refractivity contribution in [1.82, 2.24) is 35.3 Å². The van der Waals surface area contributed by atoms with Crippen LogP contribution in [-0.4, -0.2) is 160 Å². The molecule has 0 aliphatic carbocycles. The molecule has 88 heavy (non-hydrogen) atoms. The molecule has 12 rings (SSSR count). The van der Waals surface area contributed by atoms with Crippen LogP contribution in [0, 0.1) is 11.6 Å². The minimum Gasteiger partial charge on any atom is -0.478 e. The molecule has 2 aromatic heterocycles. The molecule has 460 valence electrons. The van der Waals surface area contributed by atoms with Crippen LogP contribution in [0.3, 0.4) is 0 Å². The zero-order valence-corrected chi connectivity index (χ0v) is 51.1. The van der Waals surface area contributed by atoms with Gasteiger partial charge in [0.1, 0.15) is 23.7 Å². The van der Waals surface area contributed by atoms with Crippen LogP contribution in [0.25, 0.3) is 0 Å². The lowest BCUT2D eigenvalue weighted by molar-refractivity contribution is -0.137. The molecule has 6 aromatic rings. The maximum absolute atomic E-state index is 14.5. The smallest absolute Gasteiger partial charge is 0.338 e. The predicted octanol–water partition coefficient (Wildman–Crippen LogP) is 10.4. The Labute approximate surface area is 530 Å². The third-order valence-corrected chi connectivity index (χ3v) is 18.1. The molecule has 6 aliphatic heterocycles. The Morgan fingerprint density at radius 1 is 0.648 bits per heavy atom. The van der Waals surface area contributed by atoms with Gasteiger partial charge in [-0.3, -0.25) is 24.7 Å². The molecule has 2 unspecified atom stereocenters. The SMILES string of the molecule is C.COC(=O)C1=C(CBr)NC(c2nccs2)=N[C@H]1c1cccc(F)c1Cl.COC(=O)C1=C(CN2CCN3C(=O)N(c4ccc(C(=O)O)cc4)CC3C2)NC(c2nccs2)=N[C@H]1c1cccc(F)c1Cl.O=C(O)c1ccc(N2CC3CCCCN3C2=O)cc1. The third kappa shape index (κ3) is 13.6. The summed E-state index contributed by atoms with van der Waals surface area (Å²) in [5, 5.41) is 29.5. The number of allylic oxidation sites excluding steroid dienone is 1. The number of carboxylic acids is 2. The fourth-order valence-corrected chi connectivity index (χ4v) is 13.0. The Morgan fingerprint density at radius 3 is 1.56 bits per heavy atom. The van der Waals surface area contributed by atoms with Gasteiger partial charge in [-0.1, -0.05) is 70.8 Å². The lowest BCUT2D eigenvalue weighted by Crippen LogP contribution is -2.53. The van der Waals surface area contributed by atoms with Gasteiger partial charge in [0.15, 0.2) is 21.7 Å². The molecule has 4 atom stereocenters. The van der Waals surface area contributed by atoms with Crippen molar-refractivity contribution in [3.05, 3.63) is 185 Å². The Kier molecular flexibility index (Phi) is 20.7. The third-order valence-electron chi connectivity index (χ3n) is 15.2. The molecule has 4 aromatic carbocycles. The molecule has 0 radical (unpaired) electrons. The number of aromatic nitrogens is 2. The number of carboxylic acid groups (broad SMARTS) is 2. The maximum Gasteiger partial charge on any atom is 0.338 e. The summed E-state index contributed by atoms with van der Waals surface area (Å²) in [5.74, 6) is -3.45. The summed E-state index contributed by atoms with van der Waals surface area (Å²) in [7, 11) is 2.56. The molecule has 0 saturated carbocycles. The summed E-state index contributed by atoms with van der Waals surface area (Å²) >= 11 is 18.6. The van der Waals surface area contributed by atoms with E-state index < -0.39 is 47.6 Å². The molecule has 0 bridgehead atoms. The number of thiazole rings is 2. The number of urea groups is 2. The molecule has 4 fully saturated rings. The van der Waals surface area contributed by atoms with Crippen molar-refractivity contribution in [3.63, 3.8) is 0 Å². The van der Waals surface area contributed by atoms with Gasteiger partial charge in [-0.25, -0.2) is 47.5 Å². The van der Waals surface area contributed by atoms with E-state index in [9.17, 15) is 42.7 Å². The molecule has 28 heteroatoms. The Bertz CT molecular complexity index is 3750. The number of hydrogen-bond donors (Lipinski definition) is 4. The van der Waals surface area contributed by atoms with Gasteiger partial charge < -0.3 is 40.1 Å². The minimum atomic E-state index is -1.03. The van der Waals surface area contributed by atoms with E-state index in [1.807, 2.05) is 15.2 Å². The number of methoxy groups -OCH3 is 2. The van der Waals surface area contributed by atoms with Gasteiger partial charge >= 0.3 is 35.9 Å². The number of nitrogens with one attached hydrogen (secondary N) is 2. The highest BCUT2D eigenvalue weighted by Crippen LogP contribution is 2.40. The number of rotatable bonds is 13. The largest absolute Gasteiger partial charge is 0.478 e. The number of carbonyl (C=O) groups is 6.